The molecule has 0 radical (unpaired) electrons. The smallest absolute Gasteiger partial charge is 0.235 e. The molecule has 0 aliphatic carbocycles. The summed E-state index contributed by atoms with van der Waals surface area (Å²) in [6.07, 6.45) is -4.55. The summed E-state index contributed by atoms with van der Waals surface area (Å²) in [5.74, 6) is 0. The highest BCUT2D eigenvalue weighted by molar-refractivity contribution is 6.77. The van der Waals surface area contributed by atoms with Crippen molar-refractivity contribution >= 4 is 68.9 Å². The van der Waals surface area contributed by atoms with Crippen molar-refractivity contribution in [1.29, 1.82) is 0 Å². The summed E-state index contributed by atoms with van der Waals surface area (Å²) in [5.41, 5.74) is -1.11. The van der Waals surface area contributed by atoms with Crippen LogP contribution in [0.3, 0.4) is 0 Å². The summed E-state index contributed by atoms with van der Waals surface area (Å²) in [7, 11) is 0. The van der Waals surface area contributed by atoms with Crippen LogP contribution in [0.15, 0.2) is 17.1 Å². The fourth-order valence-electron chi connectivity index (χ4n) is 0.992. The molecule has 0 aliphatic heterocycles. The van der Waals surface area contributed by atoms with Crippen LogP contribution in [0.4, 0.5) is 18.9 Å². The van der Waals surface area contributed by atoms with Crippen molar-refractivity contribution in [2.45, 2.75) is 11.0 Å². The van der Waals surface area contributed by atoms with E-state index in [1.54, 1.807) is 0 Å². The molecule has 0 bridgehead atoms. The number of rotatable bonds is 2. The van der Waals surface area contributed by atoms with Crippen molar-refractivity contribution in [3.8, 4) is 0 Å². The highest BCUT2D eigenvalue weighted by atomic mass is 35.5. The summed E-state index contributed by atoms with van der Waals surface area (Å²) in [4.78, 5) is 2.54. The highest BCUT2D eigenvalue weighted by Gasteiger charge is 2.32. The van der Waals surface area contributed by atoms with Crippen LogP contribution in [-0.4, -0.2) is 10.0 Å². The Morgan fingerprint density at radius 1 is 1.11 bits per heavy atom. The Kier molecular flexibility index (Phi) is 5.44. The molecule has 0 aliphatic rings. The fraction of sp³-hybridized carbons (Fsp3) is 0.222. The van der Waals surface area contributed by atoms with E-state index in [4.69, 9.17) is 58.0 Å². The van der Waals surface area contributed by atoms with Gasteiger partial charge in [0.25, 0.3) is 0 Å². The van der Waals surface area contributed by atoms with Crippen LogP contribution in [0, 0.1) is 0 Å². The largest absolute Gasteiger partial charge is 0.416 e. The third-order valence-electron chi connectivity index (χ3n) is 1.74. The summed E-state index contributed by atoms with van der Waals surface area (Å²) in [5, 5.41) is -0.856. The van der Waals surface area contributed by atoms with E-state index >= 15 is 0 Å². The van der Waals surface area contributed by atoms with Gasteiger partial charge in [-0.2, -0.15) is 13.2 Å². The lowest BCUT2D eigenvalue weighted by Crippen LogP contribution is -2.05. The van der Waals surface area contributed by atoms with Crippen LogP contribution in [0.2, 0.25) is 10.0 Å². The third-order valence-corrected chi connectivity index (χ3v) is 3.26. The average Bonchev–Trinajstić information content (AvgIpc) is 2.21. The highest BCUT2D eigenvalue weighted by Crippen LogP contribution is 2.40. The van der Waals surface area contributed by atoms with Gasteiger partial charge in [-0.3, -0.25) is 0 Å². The fourth-order valence-corrected chi connectivity index (χ4v) is 1.75. The van der Waals surface area contributed by atoms with E-state index in [0.717, 1.165) is 0 Å². The van der Waals surface area contributed by atoms with Gasteiger partial charge in [-0.25, -0.2) is 4.99 Å². The lowest BCUT2D eigenvalue weighted by molar-refractivity contribution is -0.137. The molecule has 0 saturated heterocycles. The van der Waals surface area contributed by atoms with Gasteiger partial charge in [0.2, 0.25) is 0 Å². The topological polar surface area (TPSA) is 12.4 Å². The molecule has 1 aromatic carbocycles. The molecular weight excluding hydrogens is 356 g/mol. The second-order valence-corrected chi connectivity index (χ2v) is 5.32. The van der Waals surface area contributed by atoms with Gasteiger partial charge in [0.15, 0.2) is 4.84 Å². The predicted molar refractivity (Wildman–Crippen MR) is 69.9 cm³/mol. The predicted octanol–water partition coefficient (Wildman–Crippen LogP) is 6.08. The molecule has 0 saturated carbocycles. The summed E-state index contributed by atoms with van der Waals surface area (Å²) in [6.45, 7) is 0. The van der Waals surface area contributed by atoms with E-state index in [2.05, 4.69) is 4.99 Å². The van der Waals surface area contributed by atoms with E-state index in [1.807, 2.05) is 0 Å². The summed E-state index contributed by atoms with van der Waals surface area (Å²) >= 11 is 27.7. The molecule has 0 unspecified atom stereocenters. The Balaban J connectivity index is 3.30. The normalized spacial score (nSPS) is 13.3. The first-order valence-corrected chi connectivity index (χ1v) is 6.22. The van der Waals surface area contributed by atoms with E-state index in [0.29, 0.717) is 12.1 Å². The van der Waals surface area contributed by atoms with Crippen LogP contribution in [0.1, 0.15) is 5.56 Å². The van der Waals surface area contributed by atoms with E-state index in [-0.39, 0.29) is 20.9 Å². The number of hydrogen-bond acceptors (Lipinski definition) is 1. The van der Waals surface area contributed by atoms with Crippen molar-refractivity contribution in [3.05, 3.63) is 27.7 Å². The van der Waals surface area contributed by atoms with E-state index in [9.17, 15) is 13.2 Å². The van der Waals surface area contributed by atoms with Gasteiger partial charge in [-0.15, -0.1) is 0 Å². The van der Waals surface area contributed by atoms with Crippen LogP contribution < -0.4 is 0 Å². The zero-order chi connectivity index (χ0) is 14.1. The lowest BCUT2D eigenvalue weighted by atomic mass is 10.2. The van der Waals surface area contributed by atoms with E-state index in [1.165, 1.54) is 0 Å². The second kappa shape index (κ2) is 6.06. The number of halogens is 8. The molecule has 18 heavy (non-hydrogen) atoms. The second-order valence-electron chi connectivity index (χ2n) is 3.02. The van der Waals surface area contributed by atoms with Gasteiger partial charge in [0, 0.05) is 0 Å². The van der Waals surface area contributed by atoms with Crippen molar-refractivity contribution in [3.63, 3.8) is 0 Å². The van der Waals surface area contributed by atoms with Gasteiger partial charge in [-0.05, 0) is 12.1 Å². The Hall–Kier alpha value is 0.130. The number of benzene rings is 1. The van der Waals surface area contributed by atoms with Gasteiger partial charge >= 0.3 is 6.18 Å². The molecule has 100 valence electrons. The first-order valence-electron chi connectivity index (χ1n) is 4.21. The molecule has 1 rings (SSSR count). The van der Waals surface area contributed by atoms with Crippen molar-refractivity contribution in [1.82, 2.24) is 0 Å². The van der Waals surface area contributed by atoms with E-state index < -0.39 is 16.6 Å². The Morgan fingerprint density at radius 3 is 1.89 bits per heavy atom. The molecule has 0 heterocycles. The zero-order valence-electron chi connectivity index (χ0n) is 8.20. The SMILES string of the molecule is FC(F)(F)c1cc(Cl)c(N=C(Cl)C(Cl)Cl)c(Cl)c1. The molecule has 0 fully saturated rings. The van der Waals surface area contributed by atoms with Gasteiger partial charge in [0.05, 0.1) is 15.6 Å². The standard InChI is InChI=1S/C9H3Cl5F3N/c10-4-1-3(9(15,16)17)2-5(11)6(4)18-8(14)7(12)13/h1-2,7H. The molecule has 9 heteroatoms. The van der Waals surface area contributed by atoms with Crippen molar-refractivity contribution < 1.29 is 13.2 Å². The summed E-state index contributed by atoms with van der Waals surface area (Å²) < 4.78 is 37.3. The molecule has 0 aromatic heterocycles. The molecular formula is C9H3Cl5F3N. The molecule has 1 aromatic rings. The van der Waals surface area contributed by atoms with Crippen LogP contribution in [0.25, 0.3) is 0 Å². The lowest BCUT2D eigenvalue weighted by Gasteiger charge is -2.10. The first kappa shape index (κ1) is 16.2. The zero-order valence-corrected chi connectivity index (χ0v) is 12.0. The van der Waals surface area contributed by atoms with Crippen LogP contribution >= 0.6 is 58.0 Å². The van der Waals surface area contributed by atoms with Gasteiger partial charge < -0.3 is 0 Å². The number of alkyl halides is 5. The number of nitrogens with zero attached hydrogens (tertiary/aromatic N) is 1. The summed E-state index contributed by atoms with van der Waals surface area (Å²) in [6, 6.07) is 1.38. The minimum Gasteiger partial charge on any atom is -0.235 e. The molecule has 0 atom stereocenters. The quantitative estimate of drug-likeness (QED) is 0.448. The third kappa shape index (κ3) is 4.07. The van der Waals surface area contributed by atoms with Gasteiger partial charge in [0.1, 0.15) is 10.9 Å². The average molecular weight is 359 g/mol. The Bertz CT molecular complexity index is 461. The van der Waals surface area contributed by atoms with Crippen molar-refractivity contribution in [2.75, 3.05) is 0 Å². The van der Waals surface area contributed by atoms with Crippen LogP contribution in [0.5, 0.6) is 0 Å². The Morgan fingerprint density at radius 2 is 1.56 bits per heavy atom. The maximum absolute atomic E-state index is 12.4. The molecule has 1 nitrogen and oxygen atoms in total. The number of hydrogen-bond donors (Lipinski definition) is 0. The van der Waals surface area contributed by atoms with Crippen molar-refractivity contribution in [2.24, 2.45) is 4.99 Å². The molecule has 0 N–H and O–H groups in total. The maximum atomic E-state index is 12.4. The molecule has 0 amide bonds. The van der Waals surface area contributed by atoms with Gasteiger partial charge in [-0.1, -0.05) is 58.0 Å². The molecule has 0 spiro atoms. The first-order chi connectivity index (χ1) is 8.12. The minimum absolute atomic E-state index is 0.123. The number of aliphatic imine (C=N–C) groups is 1. The monoisotopic (exact) mass is 357 g/mol. The maximum Gasteiger partial charge on any atom is 0.416 e. The minimum atomic E-state index is -4.55. The Labute approximate surface area is 125 Å². The van der Waals surface area contributed by atoms with Crippen LogP contribution in [-0.2, 0) is 6.18 Å².